The van der Waals surface area contributed by atoms with Crippen molar-refractivity contribution in [3.63, 3.8) is 0 Å². The summed E-state index contributed by atoms with van der Waals surface area (Å²) in [6, 6.07) is 15.0. The normalized spacial score (nSPS) is 15.7. The standard InChI is InChI=1S/C30H25F5N2O2S/c1-16-19(14-20-21(30(33,34)35)11-7-12-22(20)31)29-37(23(15-40-29)27(36)17-8-4-3-5-9-17)28(38)25(16)18-10-6-13-24(39-2)26(18)32/h3-13,23,27H,14-15,36H2,1-2H3/t23-,27?/m0/s1. The van der Waals surface area contributed by atoms with Gasteiger partial charge in [-0.15, -0.1) is 11.8 Å². The number of hydrogen-bond donors (Lipinski definition) is 1. The van der Waals surface area contributed by atoms with Crippen molar-refractivity contribution < 1.29 is 26.7 Å². The molecule has 2 heterocycles. The minimum absolute atomic E-state index is 0.0344. The van der Waals surface area contributed by atoms with E-state index < -0.39 is 53.0 Å². The molecule has 0 bridgehead atoms. The number of ether oxygens (including phenoxy) is 1. The van der Waals surface area contributed by atoms with E-state index in [0.717, 1.165) is 23.8 Å². The number of halogens is 5. The molecule has 4 aromatic rings. The molecule has 10 heteroatoms. The predicted molar refractivity (Wildman–Crippen MR) is 145 cm³/mol. The van der Waals surface area contributed by atoms with Gasteiger partial charge >= 0.3 is 6.18 Å². The summed E-state index contributed by atoms with van der Waals surface area (Å²) in [6.07, 6.45) is -5.25. The zero-order chi connectivity index (χ0) is 28.8. The number of benzene rings is 3. The van der Waals surface area contributed by atoms with Gasteiger partial charge in [-0.3, -0.25) is 9.36 Å². The molecule has 2 N–H and O–H groups in total. The molecule has 3 aromatic carbocycles. The Hall–Kier alpha value is -3.63. The largest absolute Gasteiger partial charge is 0.494 e. The maximum Gasteiger partial charge on any atom is 0.416 e. The number of rotatable bonds is 6. The lowest BCUT2D eigenvalue weighted by atomic mass is 9.91. The predicted octanol–water partition coefficient (Wildman–Crippen LogP) is 7.07. The molecule has 40 heavy (non-hydrogen) atoms. The summed E-state index contributed by atoms with van der Waals surface area (Å²) >= 11 is 1.27. The number of nitrogens with two attached hydrogens (primary N) is 1. The fourth-order valence-electron chi connectivity index (χ4n) is 5.26. The summed E-state index contributed by atoms with van der Waals surface area (Å²) in [5, 5.41) is 0.391. The van der Waals surface area contributed by atoms with E-state index in [2.05, 4.69) is 0 Å². The van der Waals surface area contributed by atoms with Crippen molar-refractivity contribution in [3.8, 4) is 16.9 Å². The van der Waals surface area contributed by atoms with Gasteiger partial charge in [-0.1, -0.05) is 48.5 Å². The van der Waals surface area contributed by atoms with E-state index in [1.807, 2.05) is 30.3 Å². The molecule has 1 unspecified atom stereocenters. The summed E-state index contributed by atoms with van der Waals surface area (Å²) in [7, 11) is 1.29. The molecule has 0 saturated heterocycles. The Balaban J connectivity index is 1.79. The van der Waals surface area contributed by atoms with Crippen molar-refractivity contribution in [2.24, 2.45) is 5.73 Å². The molecule has 1 aromatic heterocycles. The smallest absolute Gasteiger partial charge is 0.416 e. The van der Waals surface area contributed by atoms with E-state index >= 15 is 4.39 Å². The molecule has 0 aliphatic carbocycles. The number of alkyl halides is 3. The lowest BCUT2D eigenvalue weighted by Crippen LogP contribution is -2.33. The Bertz CT molecular complexity index is 1640. The molecule has 1 aliphatic heterocycles. The fraction of sp³-hybridized carbons (Fsp3) is 0.233. The highest BCUT2D eigenvalue weighted by Crippen LogP contribution is 2.44. The van der Waals surface area contributed by atoms with Crippen LogP contribution in [-0.4, -0.2) is 17.4 Å². The minimum Gasteiger partial charge on any atom is -0.494 e. The van der Waals surface area contributed by atoms with Crippen LogP contribution in [0, 0.1) is 18.6 Å². The molecule has 4 nitrogen and oxygen atoms in total. The van der Waals surface area contributed by atoms with Crippen molar-refractivity contribution in [1.29, 1.82) is 0 Å². The molecule has 208 valence electrons. The Morgan fingerprint density at radius 3 is 2.40 bits per heavy atom. The minimum atomic E-state index is -4.80. The maximum atomic E-state index is 15.5. The lowest BCUT2D eigenvalue weighted by molar-refractivity contribution is -0.138. The molecule has 2 atom stereocenters. The van der Waals surface area contributed by atoms with Crippen molar-refractivity contribution in [3.05, 3.63) is 117 Å². The summed E-state index contributed by atoms with van der Waals surface area (Å²) < 4.78 is 78.7. The van der Waals surface area contributed by atoms with Gasteiger partial charge in [0.05, 0.1) is 35.3 Å². The molecule has 0 spiro atoms. The van der Waals surface area contributed by atoms with Crippen LogP contribution >= 0.6 is 11.8 Å². The molecule has 0 saturated carbocycles. The van der Waals surface area contributed by atoms with Crippen molar-refractivity contribution >= 4 is 11.8 Å². The number of aromatic nitrogens is 1. The third-order valence-corrected chi connectivity index (χ3v) is 8.51. The molecule has 0 radical (unpaired) electrons. The summed E-state index contributed by atoms with van der Waals surface area (Å²) in [6.45, 7) is 1.55. The average Bonchev–Trinajstić information content (AvgIpc) is 3.37. The van der Waals surface area contributed by atoms with E-state index in [9.17, 15) is 22.4 Å². The first-order valence-corrected chi connectivity index (χ1v) is 13.4. The average molecular weight is 573 g/mol. The van der Waals surface area contributed by atoms with Crippen LogP contribution < -0.4 is 16.0 Å². The second kappa shape index (κ2) is 10.7. The Morgan fingerprint density at radius 1 is 1.02 bits per heavy atom. The van der Waals surface area contributed by atoms with Crippen LogP contribution in [0.5, 0.6) is 5.75 Å². The highest BCUT2D eigenvalue weighted by Gasteiger charge is 2.38. The number of pyridine rings is 1. The SMILES string of the molecule is COc1cccc(-c2c(C)c(Cc3c(F)cccc3C(F)(F)F)c3n(c2=O)[C@H](C(N)c2ccccc2)CS3)c1F. The molecular weight excluding hydrogens is 547 g/mol. The van der Waals surface area contributed by atoms with Gasteiger partial charge in [0, 0.05) is 23.3 Å². The first-order valence-electron chi connectivity index (χ1n) is 12.4. The van der Waals surface area contributed by atoms with Gasteiger partial charge in [-0.2, -0.15) is 13.2 Å². The molecule has 1 aliphatic rings. The first-order chi connectivity index (χ1) is 19.0. The Kier molecular flexibility index (Phi) is 7.50. The third-order valence-electron chi connectivity index (χ3n) is 7.29. The first kappa shape index (κ1) is 27.9. The molecular formula is C30H25F5N2O2S. The van der Waals surface area contributed by atoms with Crippen LogP contribution in [0.2, 0.25) is 0 Å². The monoisotopic (exact) mass is 572 g/mol. The number of nitrogens with zero attached hydrogens (tertiary/aromatic N) is 1. The zero-order valence-electron chi connectivity index (χ0n) is 21.6. The van der Waals surface area contributed by atoms with Crippen molar-refractivity contribution in [2.45, 2.75) is 36.6 Å². The van der Waals surface area contributed by atoms with E-state index in [1.54, 1.807) is 6.92 Å². The number of thioether (sulfide) groups is 1. The van der Waals surface area contributed by atoms with Crippen molar-refractivity contribution in [1.82, 2.24) is 4.57 Å². The van der Waals surface area contributed by atoms with Gasteiger partial charge < -0.3 is 10.5 Å². The second-order valence-corrected chi connectivity index (χ2v) is 10.5. The molecule has 5 rings (SSSR count). The lowest BCUT2D eigenvalue weighted by Gasteiger charge is -2.25. The quantitative estimate of drug-likeness (QED) is 0.251. The highest BCUT2D eigenvalue weighted by atomic mass is 32.2. The number of hydrogen-bond acceptors (Lipinski definition) is 4. The van der Waals surface area contributed by atoms with Gasteiger partial charge in [0.25, 0.3) is 5.56 Å². The summed E-state index contributed by atoms with van der Waals surface area (Å²) in [4.78, 5) is 14.1. The Morgan fingerprint density at radius 2 is 1.73 bits per heavy atom. The third kappa shape index (κ3) is 4.79. The van der Waals surface area contributed by atoms with Crippen LogP contribution in [0.4, 0.5) is 22.0 Å². The second-order valence-electron chi connectivity index (χ2n) is 9.54. The van der Waals surface area contributed by atoms with E-state index in [1.165, 1.54) is 41.6 Å². The van der Waals surface area contributed by atoms with Crippen LogP contribution in [-0.2, 0) is 12.6 Å². The van der Waals surface area contributed by atoms with E-state index in [0.29, 0.717) is 16.3 Å². The Labute approximate surface area is 231 Å². The van der Waals surface area contributed by atoms with Crippen molar-refractivity contribution in [2.75, 3.05) is 12.9 Å². The fourth-order valence-corrected chi connectivity index (χ4v) is 6.70. The number of fused-ring (bicyclic) bond motifs is 1. The van der Waals surface area contributed by atoms with E-state index in [4.69, 9.17) is 10.5 Å². The zero-order valence-corrected chi connectivity index (χ0v) is 22.4. The molecule has 0 fully saturated rings. The summed E-state index contributed by atoms with van der Waals surface area (Å²) in [5.74, 6) is -1.55. The van der Waals surface area contributed by atoms with Gasteiger partial charge in [-0.25, -0.2) is 8.78 Å². The van der Waals surface area contributed by atoms with Gasteiger partial charge in [0.15, 0.2) is 11.6 Å². The topological polar surface area (TPSA) is 57.2 Å². The van der Waals surface area contributed by atoms with Crippen LogP contribution in [0.3, 0.4) is 0 Å². The number of methoxy groups -OCH3 is 1. The van der Waals surface area contributed by atoms with Crippen LogP contribution in [0.15, 0.2) is 76.6 Å². The van der Waals surface area contributed by atoms with Crippen LogP contribution in [0.25, 0.3) is 11.1 Å². The maximum absolute atomic E-state index is 15.5. The van der Waals surface area contributed by atoms with E-state index in [-0.39, 0.29) is 22.4 Å². The van der Waals surface area contributed by atoms with Crippen LogP contribution in [0.1, 0.15) is 39.9 Å². The van der Waals surface area contributed by atoms with Gasteiger partial charge in [0.1, 0.15) is 5.82 Å². The molecule has 0 amide bonds. The highest BCUT2D eigenvalue weighted by molar-refractivity contribution is 7.99. The summed E-state index contributed by atoms with van der Waals surface area (Å²) in [5.41, 5.74) is 5.67. The van der Waals surface area contributed by atoms with Gasteiger partial charge in [-0.05, 0) is 41.8 Å². The van der Waals surface area contributed by atoms with Gasteiger partial charge in [0.2, 0.25) is 0 Å².